The zero-order chi connectivity index (χ0) is 26.0. The highest BCUT2D eigenvalue weighted by atomic mass is 32.1. The van der Waals surface area contributed by atoms with Crippen LogP contribution in [0.3, 0.4) is 0 Å². The number of aryl methyl sites for hydroxylation is 1. The van der Waals surface area contributed by atoms with Gasteiger partial charge >= 0.3 is 0 Å². The van der Waals surface area contributed by atoms with Gasteiger partial charge in [0.25, 0.3) is 0 Å². The van der Waals surface area contributed by atoms with Gasteiger partial charge in [-0.25, -0.2) is 10.8 Å². The van der Waals surface area contributed by atoms with E-state index >= 15 is 0 Å². The van der Waals surface area contributed by atoms with Gasteiger partial charge in [-0.1, -0.05) is 45.0 Å². The fourth-order valence-corrected chi connectivity index (χ4v) is 5.70. The van der Waals surface area contributed by atoms with Gasteiger partial charge in [-0.15, -0.1) is 11.3 Å². The van der Waals surface area contributed by atoms with E-state index in [1.807, 2.05) is 51.5 Å². The van der Waals surface area contributed by atoms with Crippen LogP contribution in [0.4, 0.5) is 0 Å². The van der Waals surface area contributed by atoms with Gasteiger partial charge in [0.15, 0.2) is 0 Å². The fraction of sp³-hybridized carbons (Fsp3) is 0.519. The van der Waals surface area contributed by atoms with Crippen molar-refractivity contribution in [2.75, 3.05) is 6.54 Å². The fourth-order valence-electron chi connectivity index (χ4n) is 4.89. The van der Waals surface area contributed by atoms with E-state index < -0.39 is 17.5 Å². The summed E-state index contributed by atoms with van der Waals surface area (Å²) in [6.45, 7) is 9.00. The van der Waals surface area contributed by atoms with Crippen LogP contribution in [-0.4, -0.2) is 45.3 Å². The molecule has 2 aromatic rings. The predicted octanol–water partition coefficient (Wildman–Crippen LogP) is 2.81. The topological polar surface area (TPSA) is 119 Å². The zero-order valence-corrected chi connectivity index (χ0v) is 22.6. The molecular formula is C27H39N6O2S+. The Morgan fingerprint density at radius 1 is 1.28 bits per heavy atom. The first kappa shape index (κ1) is 26.3. The van der Waals surface area contributed by atoms with Gasteiger partial charge in [-0.3, -0.25) is 14.6 Å². The van der Waals surface area contributed by atoms with Gasteiger partial charge in [0.2, 0.25) is 11.8 Å². The van der Waals surface area contributed by atoms with Gasteiger partial charge < -0.3 is 16.0 Å². The number of carbonyl (C=O) groups is 2. The summed E-state index contributed by atoms with van der Waals surface area (Å²) >= 11 is 1.62. The Bertz CT molecular complexity index is 1120. The second-order valence-corrected chi connectivity index (χ2v) is 11.9. The molecule has 1 aliphatic heterocycles. The van der Waals surface area contributed by atoms with E-state index in [9.17, 15) is 9.59 Å². The van der Waals surface area contributed by atoms with Crippen molar-refractivity contribution in [1.82, 2.24) is 20.2 Å². The molecule has 2 amide bonds. The highest BCUT2D eigenvalue weighted by Crippen LogP contribution is 2.34. The van der Waals surface area contributed by atoms with Crippen LogP contribution in [0.5, 0.6) is 0 Å². The van der Waals surface area contributed by atoms with Gasteiger partial charge in [-0.05, 0) is 49.1 Å². The number of rotatable bonds is 8. The number of hydrogen-bond acceptors (Lipinski definition) is 6. The number of thiazole rings is 1. The molecule has 0 bridgehead atoms. The molecule has 2 atom stereocenters. The van der Waals surface area contributed by atoms with E-state index in [1.54, 1.807) is 16.2 Å². The molecule has 9 heteroatoms. The minimum atomic E-state index is -0.579. The van der Waals surface area contributed by atoms with E-state index in [4.69, 9.17) is 5.84 Å². The summed E-state index contributed by atoms with van der Waals surface area (Å²) in [5.41, 5.74) is 9.69. The summed E-state index contributed by atoms with van der Waals surface area (Å²) in [7, 11) is 0. The standard InChI is InChI=1S/C27H38N6O2S/c1-17-23(36-16-31-17)20-9-7-18(8-10-20)14-30-25(34)22-6-5-13-32(22)26(35)24(27(2,3)4)33(29)15-21(28)19-11-12-19/h7-10,15-16,19,22,24H,5-6,11-14,28-29H2,1-4H3,(H,30,34)/p+1/b21-15-/t22?,24-/m1/s1. The quantitative estimate of drug-likeness (QED) is 0.372. The van der Waals surface area contributed by atoms with Gasteiger partial charge in [0.05, 0.1) is 22.3 Å². The predicted molar refractivity (Wildman–Crippen MR) is 142 cm³/mol. The first-order valence-corrected chi connectivity index (χ1v) is 13.6. The number of aromatic nitrogens is 1. The molecule has 1 saturated heterocycles. The first-order valence-electron chi connectivity index (χ1n) is 12.7. The number of amides is 2. The molecule has 1 aromatic heterocycles. The van der Waals surface area contributed by atoms with Crippen LogP contribution in [0.2, 0.25) is 0 Å². The molecule has 2 fully saturated rings. The van der Waals surface area contributed by atoms with Crippen molar-refractivity contribution < 1.29 is 15.3 Å². The number of hydrogen-bond donors (Lipinski definition) is 3. The Labute approximate surface area is 217 Å². The number of nitrogens with one attached hydrogen (secondary N) is 1. The van der Waals surface area contributed by atoms with Crippen LogP contribution >= 0.6 is 11.3 Å². The highest BCUT2D eigenvalue weighted by molar-refractivity contribution is 7.13. The van der Waals surface area contributed by atoms with Crippen LogP contribution in [0.15, 0.2) is 41.7 Å². The number of benzene rings is 1. The van der Waals surface area contributed by atoms with Crippen molar-refractivity contribution in [3.8, 4) is 10.4 Å². The van der Waals surface area contributed by atoms with Crippen molar-refractivity contribution in [2.24, 2.45) is 17.2 Å². The number of carbonyl (C=O) groups excluding carboxylic acids is 2. The number of likely N-dealkylation sites (tertiary alicyclic amines) is 1. The average molecular weight is 512 g/mol. The number of quaternary nitrogens is 1. The third-order valence-electron chi connectivity index (χ3n) is 7.04. The summed E-state index contributed by atoms with van der Waals surface area (Å²) in [6.07, 6.45) is 5.51. The third-order valence-corrected chi connectivity index (χ3v) is 8.01. The molecule has 1 aromatic carbocycles. The molecule has 1 aliphatic carbocycles. The highest BCUT2D eigenvalue weighted by Gasteiger charge is 2.43. The summed E-state index contributed by atoms with van der Waals surface area (Å²) in [5.74, 6) is 6.66. The Morgan fingerprint density at radius 2 is 1.97 bits per heavy atom. The lowest BCUT2D eigenvalue weighted by molar-refractivity contribution is -0.311. The van der Waals surface area contributed by atoms with Crippen molar-refractivity contribution in [3.05, 3.63) is 52.9 Å². The second kappa shape index (κ2) is 10.7. The first-order chi connectivity index (χ1) is 17.1. The Hall–Kier alpha value is -2.75. The lowest BCUT2D eigenvalue weighted by Crippen LogP contribution is -2.59. The minimum absolute atomic E-state index is 0.105. The Morgan fingerprint density at radius 3 is 2.56 bits per heavy atom. The Balaban J connectivity index is 1.41. The van der Waals surface area contributed by atoms with E-state index in [0.717, 1.165) is 46.7 Å². The van der Waals surface area contributed by atoms with Crippen LogP contribution < -0.4 is 16.9 Å². The molecule has 4 rings (SSSR count). The van der Waals surface area contributed by atoms with Crippen LogP contribution in [0.1, 0.15) is 57.7 Å². The van der Waals surface area contributed by atoms with Crippen molar-refractivity contribution in [3.63, 3.8) is 0 Å². The summed E-state index contributed by atoms with van der Waals surface area (Å²) < 4.78 is 0. The van der Waals surface area contributed by atoms with Gasteiger partial charge in [0.1, 0.15) is 17.8 Å². The molecule has 36 heavy (non-hydrogen) atoms. The molecule has 2 heterocycles. The van der Waals surface area contributed by atoms with E-state index in [-0.39, 0.29) is 11.8 Å². The molecule has 8 nitrogen and oxygen atoms in total. The summed E-state index contributed by atoms with van der Waals surface area (Å²) in [5, 5.41) is 4.56. The number of hydrazine groups is 1. The van der Waals surface area contributed by atoms with E-state index in [0.29, 0.717) is 25.4 Å². The normalized spacial score (nSPS) is 19.3. The van der Waals surface area contributed by atoms with Gasteiger partial charge in [0, 0.05) is 19.0 Å². The minimum Gasteiger partial charge on any atom is -0.350 e. The molecule has 2 aliphatic rings. The molecule has 6 N–H and O–H groups in total. The average Bonchev–Trinajstić information content (AvgIpc) is 3.40. The monoisotopic (exact) mass is 511 g/mol. The number of nitrogens with zero attached hydrogens (tertiary/aromatic N) is 3. The maximum absolute atomic E-state index is 13.7. The smallest absolute Gasteiger partial charge is 0.248 e. The summed E-state index contributed by atoms with van der Waals surface area (Å²) in [6, 6.07) is 7.10. The SMILES string of the molecule is Cc1ncsc1-c1ccc(CNC(=O)C2CCCN2C(=O)[C@@H](N(N)/C=C(\[NH3+])C2CC2)C(C)(C)C)cc1. The second-order valence-electron chi connectivity index (χ2n) is 11.1. The van der Waals surface area contributed by atoms with Crippen molar-refractivity contribution in [1.29, 1.82) is 0 Å². The maximum atomic E-state index is 13.7. The van der Waals surface area contributed by atoms with E-state index in [2.05, 4.69) is 28.2 Å². The summed E-state index contributed by atoms with van der Waals surface area (Å²) in [4.78, 5) is 34.1. The number of nitrogens with two attached hydrogens (primary N) is 1. The molecular weight excluding hydrogens is 472 g/mol. The third kappa shape index (κ3) is 5.96. The van der Waals surface area contributed by atoms with E-state index in [1.165, 1.54) is 5.01 Å². The van der Waals surface area contributed by atoms with Gasteiger partial charge in [-0.2, -0.15) is 0 Å². The largest absolute Gasteiger partial charge is 0.350 e. The molecule has 1 saturated carbocycles. The van der Waals surface area contributed by atoms with Crippen LogP contribution in [0, 0.1) is 18.3 Å². The van der Waals surface area contributed by atoms with Crippen molar-refractivity contribution in [2.45, 2.75) is 72.0 Å². The molecule has 194 valence electrons. The molecule has 0 radical (unpaired) electrons. The van der Waals surface area contributed by atoms with Crippen LogP contribution in [0.25, 0.3) is 10.4 Å². The molecule has 0 spiro atoms. The Kier molecular flexibility index (Phi) is 7.82. The van der Waals surface area contributed by atoms with Crippen LogP contribution in [-0.2, 0) is 16.1 Å². The maximum Gasteiger partial charge on any atom is 0.248 e. The lowest BCUT2D eigenvalue weighted by Gasteiger charge is -2.39. The molecule has 1 unspecified atom stereocenters. The zero-order valence-electron chi connectivity index (χ0n) is 21.8. The van der Waals surface area contributed by atoms with Crippen molar-refractivity contribution >= 4 is 23.2 Å². The number of allylic oxidation sites excluding steroid dienone is 1. The lowest BCUT2D eigenvalue weighted by atomic mass is 9.85.